The number of unbranched alkanes of at least 4 members (excludes halogenated alkanes) is 2. The van der Waals surface area contributed by atoms with Gasteiger partial charge in [-0.3, -0.25) is 9.59 Å². The summed E-state index contributed by atoms with van der Waals surface area (Å²) in [6, 6.07) is 14.5. The van der Waals surface area contributed by atoms with Crippen molar-refractivity contribution in [2.75, 3.05) is 13.2 Å². The van der Waals surface area contributed by atoms with Gasteiger partial charge in [-0.2, -0.15) is 0 Å². The van der Waals surface area contributed by atoms with Crippen molar-refractivity contribution in [3.63, 3.8) is 0 Å². The molecular weight excluding hydrogens is 556 g/mol. The van der Waals surface area contributed by atoms with Crippen LogP contribution in [-0.4, -0.2) is 26.2 Å². The zero-order chi connectivity index (χ0) is 31.3. The molecule has 4 heteroatoms. The second-order valence-corrected chi connectivity index (χ2v) is 15.2. The van der Waals surface area contributed by atoms with Crippen LogP contribution in [0.4, 0.5) is 0 Å². The maximum Gasteiger partial charge on any atom is 0.293 e. The van der Waals surface area contributed by atoms with Crippen molar-refractivity contribution in [2.45, 2.75) is 135 Å². The van der Waals surface area contributed by atoms with Crippen LogP contribution >= 0.6 is 0 Å². The molecule has 3 saturated carbocycles. The monoisotopic (exact) mass is 616 g/mol. The van der Waals surface area contributed by atoms with Crippen molar-refractivity contribution in [2.24, 2.45) is 35.5 Å². The topological polar surface area (TPSA) is 52.6 Å². The highest BCUT2D eigenvalue weighted by Gasteiger charge is 2.32. The first-order valence-electron chi connectivity index (χ1n) is 18.8. The van der Waals surface area contributed by atoms with Crippen molar-refractivity contribution in [1.82, 2.24) is 0 Å². The molecule has 5 rings (SSSR count). The quantitative estimate of drug-likeness (QED) is 0.131. The van der Waals surface area contributed by atoms with Gasteiger partial charge in [-0.15, -0.1) is 0 Å². The molecule has 0 heterocycles. The van der Waals surface area contributed by atoms with E-state index in [4.69, 9.17) is 9.47 Å². The maximum absolute atomic E-state index is 10.6. The molecule has 4 nitrogen and oxygen atoms in total. The second-order valence-electron chi connectivity index (χ2n) is 15.2. The third kappa shape index (κ3) is 10.3. The Balaban J connectivity index is 0.975. The molecule has 0 atom stereocenters. The number of hydrogen-bond acceptors (Lipinski definition) is 4. The Kier molecular flexibility index (Phi) is 13.7. The van der Waals surface area contributed by atoms with E-state index in [-0.39, 0.29) is 5.92 Å². The van der Waals surface area contributed by atoms with Crippen LogP contribution in [0, 0.1) is 35.5 Å². The largest absolute Gasteiger partial charge is 0.467 e. The molecule has 3 aliphatic carbocycles. The molecule has 0 aliphatic heterocycles. The molecule has 2 aromatic carbocycles. The summed E-state index contributed by atoms with van der Waals surface area (Å²) in [4.78, 5) is 21.2. The van der Waals surface area contributed by atoms with Crippen LogP contribution in [0.15, 0.2) is 36.4 Å². The second kappa shape index (κ2) is 18.1. The average molecular weight is 617 g/mol. The fourth-order valence-corrected chi connectivity index (χ4v) is 9.41. The molecule has 3 fully saturated rings. The summed E-state index contributed by atoms with van der Waals surface area (Å²) in [5.74, 6) is 5.30. The van der Waals surface area contributed by atoms with E-state index in [1.165, 1.54) is 132 Å². The average Bonchev–Trinajstić information content (AvgIpc) is 3.09. The first kappa shape index (κ1) is 34.0. The molecule has 45 heavy (non-hydrogen) atoms. The zero-order valence-electron chi connectivity index (χ0n) is 28.1. The molecule has 0 amide bonds. The summed E-state index contributed by atoms with van der Waals surface area (Å²) < 4.78 is 9.96. The van der Waals surface area contributed by atoms with Crippen LogP contribution in [0.1, 0.15) is 140 Å². The number of hydrogen-bond donors (Lipinski definition) is 0. The minimum Gasteiger partial charge on any atom is -0.467 e. The van der Waals surface area contributed by atoms with Gasteiger partial charge in [-0.05, 0) is 115 Å². The lowest BCUT2D eigenvalue weighted by atomic mass is 9.67. The molecule has 0 radical (unpaired) electrons. The Morgan fingerprint density at radius 2 is 1.22 bits per heavy atom. The summed E-state index contributed by atoms with van der Waals surface area (Å²) in [5, 5.41) is 2.84. The van der Waals surface area contributed by atoms with Crippen molar-refractivity contribution >= 4 is 23.7 Å². The lowest BCUT2D eigenvalue weighted by Gasteiger charge is -2.38. The van der Waals surface area contributed by atoms with Gasteiger partial charge in [0, 0.05) is 5.92 Å². The summed E-state index contributed by atoms with van der Waals surface area (Å²) in [6.45, 7) is 3.98. The summed E-state index contributed by atoms with van der Waals surface area (Å²) in [7, 11) is 0. The highest BCUT2D eigenvalue weighted by Crippen LogP contribution is 2.45. The lowest BCUT2D eigenvalue weighted by Crippen LogP contribution is -2.26. The lowest BCUT2D eigenvalue weighted by molar-refractivity contribution is -0.133. The molecule has 0 N–H and O–H groups in total. The fraction of sp³-hybridized carbons (Fsp3) is 0.707. The van der Waals surface area contributed by atoms with Crippen molar-refractivity contribution < 1.29 is 19.1 Å². The van der Waals surface area contributed by atoms with Gasteiger partial charge < -0.3 is 9.47 Å². The van der Waals surface area contributed by atoms with Gasteiger partial charge in [0.15, 0.2) is 0 Å². The van der Waals surface area contributed by atoms with E-state index in [1.807, 2.05) is 0 Å². The first-order chi connectivity index (χ1) is 22.1. The predicted octanol–water partition coefficient (Wildman–Crippen LogP) is 10.6. The number of benzene rings is 2. The molecular formula is C41H60O4. The standard InChI is InChI=1S/C41H60O4/c1-2-3-4-5-33-14-17-41-26-40(23-22-39(41)25-33)38-20-18-37(19-21-38)36-15-12-32(13-16-36)7-6-31-8-10-34(11-9-31)24-35(27-44-29-42)28-45-30-43/h14,17,22-23,25-26,29-32,34-38H,2-13,15-16,18-21,24,27-28H2,1H3. The summed E-state index contributed by atoms with van der Waals surface area (Å²) in [5.41, 5.74) is 3.08. The first-order valence-corrected chi connectivity index (χ1v) is 18.8. The van der Waals surface area contributed by atoms with Crippen LogP contribution in [-0.2, 0) is 25.5 Å². The van der Waals surface area contributed by atoms with Gasteiger partial charge in [0.2, 0.25) is 0 Å². The summed E-state index contributed by atoms with van der Waals surface area (Å²) in [6.07, 6.45) is 25.6. The van der Waals surface area contributed by atoms with Crippen LogP contribution in [0.5, 0.6) is 0 Å². The number of fused-ring (bicyclic) bond motifs is 1. The van der Waals surface area contributed by atoms with Crippen LogP contribution in [0.3, 0.4) is 0 Å². The predicted molar refractivity (Wildman–Crippen MR) is 184 cm³/mol. The maximum atomic E-state index is 10.6. The third-order valence-corrected chi connectivity index (χ3v) is 12.2. The Hall–Kier alpha value is -2.36. The van der Waals surface area contributed by atoms with Gasteiger partial charge in [0.05, 0.1) is 13.2 Å². The minimum atomic E-state index is 0.124. The minimum absolute atomic E-state index is 0.124. The smallest absolute Gasteiger partial charge is 0.293 e. The highest BCUT2D eigenvalue weighted by atomic mass is 16.5. The van der Waals surface area contributed by atoms with E-state index < -0.39 is 0 Å². The number of rotatable bonds is 17. The Labute approximate surface area is 273 Å². The van der Waals surface area contributed by atoms with Crippen LogP contribution in [0.25, 0.3) is 10.8 Å². The zero-order valence-corrected chi connectivity index (χ0v) is 28.1. The van der Waals surface area contributed by atoms with Gasteiger partial charge >= 0.3 is 0 Å². The third-order valence-electron chi connectivity index (χ3n) is 12.2. The SMILES string of the molecule is CCCCCc1ccc2cc(C3CCC(C4CCC(CCC5CCC(CC(COC=O)COC=O)CC5)CC4)CC3)ccc2c1. The van der Waals surface area contributed by atoms with Crippen molar-refractivity contribution in [3.8, 4) is 0 Å². The van der Waals surface area contributed by atoms with E-state index in [0.717, 1.165) is 36.0 Å². The molecule has 0 unspecified atom stereocenters. The van der Waals surface area contributed by atoms with E-state index in [2.05, 4.69) is 43.3 Å². The Bertz CT molecular complexity index is 1140. The number of carbonyl (C=O) groups is 2. The van der Waals surface area contributed by atoms with E-state index in [1.54, 1.807) is 5.56 Å². The Morgan fingerprint density at radius 3 is 1.84 bits per heavy atom. The molecule has 0 saturated heterocycles. The molecule has 3 aliphatic rings. The molecule has 2 aromatic rings. The normalized spacial score (nSPS) is 27.3. The van der Waals surface area contributed by atoms with Crippen LogP contribution < -0.4 is 0 Å². The van der Waals surface area contributed by atoms with Crippen molar-refractivity contribution in [3.05, 3.63) is 47.5 Å². The van der Waals surface area contributed by atoms with E-state index in [9.17, 15) is 9.59 Å². The highest BCUT2D eigenvalue weighted by molar-refractivity contribution is 5.84. The molecule has 0 spiro atoms. The van der Waals surface area contributed by atoms with Crippen molar-refractivity contribution in [1.29, 1.82) is 0 Å². The van der Waals surface area contributed by atoms with Gasteiger partial charge in [0.25, 0.3) is 12.9 Å². The molecule has 0 bridgehead atoms. The number of ether oxygens (including phenoxy) is 2. The molecule has 0 aromatic heterocycles. The van der Waals surface area contributed by atoms with E-state index in [0.29, 0.717) is 32.1 Å². The fourth-order valence-electron chi connectivity index (χ4n) is 9.41. The van der Waals surface area contributed by atoms with Gasteiger partial charge in [-0.25, -0.2) is 0 Å². The number of aryl methyl sites for hydroxylation is 1. The van der Waals surface area contributed by atoms with Gasteiger partial charge in [-0.1, -0.05) is 108 Å². The van der Waals surface area contributed by atoms with Gasteiger partial charge in [0.1, 0.15) is 0 Å². The van der Waals surface area contributed by atoms with Crippen LogP contribution in [0.2, 0.25) is 0 Å². The molecule has 248 valence electrons. The summed E-state index contributed by atoms with van der Waals surface area (Å²) >= 11 is 0. The van der Waals surface area contributed by atoms with E-state index >= 15 is 0 Å². The number of carbonyl (C=O) groups excluding carboxylic acids is 2. The Morgan fingerprint density at radius 1 is 0.667 bits per heavy atom.